The maximum absolute atomic E-state index is 6.38. The molecule has 2 aromatic rings. The van der Waals surface area contributed by atoms with Crippen molar-refractivity contribution in [3.8, 4) is 0 Å². The van der Waals surface area contributed by atoms with Gasteiger partial charge in [-0.2, -0.15) is 0 Å². The fraction of sp³-hybridized carbons (Fsp3) is 0.333. The van der Waals surface area contributed by atoms with Gasteiger partial charge in [0.15, 0.2) is 0 Å². The van der Waals surface area contributed by atoms with Gasteiger partial charge in [-0.05, 0) is 85.7 Å². The third-order valence-electron chi connectivity index (χ3n) is 4.55. The van der Waals surface area contributed by atoms with E-state index in [9.17, 15) is 0 Å². The van der Waals surface area contributed by atoms with Crippen molar-refractivity contribution in [3.05, 3.63) is 67.2 Å². The second kappa shape index (κ2) is 6.32. The highest BCUT2D eigenvalue weighted by Gasteiger charge is 2.21. The first-order valence-electron chi connectivity index (χ1n) is 6.91. The van der Waals surface area contributed by atoms with Crippen LogP contribution in [0.1, 0.15) is 43.8 Å². The molecule has 0 aromatic heterocycles. The van der Waals surface area contributed by atoms with Gasteiger partial charge in [-0.15, -0.1) is 0 Å². The van der Waals surface area contributed by atoms with Gasteiger partial charge < -0.3 is 0 Å². The Labute approximate surface area is 145 Å². The Morgan fingerprint density at radius 3 is 1.76 bits per heavy atom. The standard InChI is InChI=1S/C18H19BrCl2/c1-9-10(2)12(4)17(13(5)11(9)3)18(19)15-7-6-14(20)8-16(15)21/h6-8,18H,1-5H3. The molecule has 1 atom stereocenters. The van der Waals surface area contributed by atoms with Crippen LogP contribution in [0.5, 0.6) is 0 Å². The van der Waals surface area contributed by atoms with E-state index in [2.05, 4.69) is 50.5 Å². The minimum atomic E-state index is 0.0697. The van der Waals surface area contributed by atoms with E-state index in [0.717, 1.165) is 5.56 Å². The number of rotatable bonds is 2. The Kier molecular flexibility index (Phi) is 5.07. The zero-order valence-electron chi connectivity index (χ0n) is 12.9. The Balaban J connectivity index is 2.66. The van der Waals surface area contributed by atoms with E-state index in [1.807, 2.05) is 12.1 Å². The van der Waals surface area contributed by atoms with E-state index in [0.29, 0.717) is 10.0 Å². The molecule has 0 bridgehead atoms. The molecule has 0 N–H and O–H groups in total. The topological polar surface area (TPSA) is 0 Å². The van der Waals surface area contributed by atoms with Gasteiger partial charge in [0.05, 0.1) is 4.83 Å². The summed E-state index contributed by atoms with van der Waals surface area (Å²) >= 11 is 16.2. The number of hydrogen-bond donors (Lipinski definition) is 0. The average Bonchev–Trinajstić information content (AvgIpc) is 2.43. The molecule has 21 heavy (non-hydrogen) atoms. The molecule has 0 radical (unpaired) electrons. The molecule has 1 unspecified atom stereocenters. The third kappa shape index (κ3) is 3.02. The molecule has 0 saturated carbocycles. The lowest BCUT2D eigenvalue weighted by atomic mass is 9.87. The quantitative estimate of drug-likeness (QED) is 0.487. The average molecular weight is 386 g/mol. The highest BCUT2D eigenvalue weighted by atomic mass is 79.9. The molecular formula is C18H19BrCl2. The highest BCUT2D eigenvalue weighted by molar-refractivity contribution is 9.09. The molecule has 0 aliphatic heterocycles. The molecule has 0 aliphatic rings. The second-order valence-corrected chi connectivity index (χ2v) is 7.33. The molecule has 0 saturated heterocycles. The molecule has 2 rings (SSSR count). The van der Waals surface area contributed by atoms with Gasteiger partial charge in [0.1, 0.15) is 0 Å². The summed E-state index contributed by atoms with van der Waals surface area (Å²) in [5, 5.41) is 1.35. The monoisotopic (exact) mass is 384 g/mol. The smallest absolute Gasteiger partial charge is 0.0664 e. The summed E-state index contributed by atoms with van der Waals surface area (Å²) in [5.41, 5.74) is 9.07. The number of alkyl halides is 1. The van der Waals surface area contributed by atoms with Crippen LogP contribution in [-0.4, -0.2) is 0 Å². The normalized spacial score (nSPS) is 12.6. The summed E-state index contributed by atoms with van der Waals surface area (Å²) in [6.07, 6.45) is 0. The predicted octanol–water partition coefficient (Wildman–Crippen LogP) is 7.02. The molecule has 0 aliphatic carbocycles. The van der Waals surface area contributed by atoms with Crippen LogP contribution in [0.15, 0.2) is 18.2 Å². The van der Waals surface area contributed by atoms with Gasteiger partial charge in [0.2, 0.25) is 0 Å². The number of halogens is 3. The van der Waals surface area contributed by atoms with Gasteiger partial charge in [0, 0.05) is 10.0 Å². The van der Waals surface area contributed by atoms with Gasteiger partial charge in [-0.25, -0.2) is 0 Å². The van der Waals surface area contributed by atoms with Gasteiger partial charge in [-0.3, -0.25) is 0 Å². The Bertz CT molecular complexity index is 676. The summed E-state index contributed by atoms with van der Waals surface area (Å²) in [5.74, 6) is 0. The fourth-order valence-corrected chi connectivity index (χ4v) is 4.51. The van der Waals surface area contributed by atoms with Crippen LogP contribution < -0.4 is 0 Å². The first kappa shape index (κ1) is 16.9. The van der Waals surface area contributed by atoms with Gasteiger partial charge in [-0.1, -0.05) is 45.2 Å². The van der Waals surface area contributed by atoms with Crippen LogP contribution >= 0.6 is 39.1 Å². The first-order chi connectivity index (χ1) is 9.75. The maximum Gasteiger partial charge on any atom is 0.0664 e. The SMILES string of the molecule is Cc1c(C)c(C)c(C(Br)c2ccc(Cl)cc2Cl)c(C)c1C. The third-order valence-corrected chi connectivity index (χ3v) is 6.06. The molecule has 0 nitrogen and oxygen atoms in total. The van der Waals surface area contributed by atoms with E-state index in [1.54, 1.807) is 6.07 Å². The maximum atomic E-state index is 6.38. The van der Waals surface area contributed by atoms with E-state index in [1.165, 1.54) is 33.4 Å². The Hall–Kier alpha value is -0.500. The van der Waals surface area contributed by atoms with E-state index >= 15 is 0 Å². The fourth-order valence-electron chi connectivity index (χ4n) is 2.77. The second-order valence-electron chi connectivity index (χ2n) is 5.57. The van der Waals surface area contributed by atoms with Crippen molar-refractivity contribution in [1.82, 2.24) is 0 Å². The lowest BCUT2D eigenvalue weighted by Crippen LogP contribution is -2.06. The Morgan fingerprint density at radius 2 is 1.29 bits per heavy atom. The molecule has 0 spiro atoms. The van der Waals surface area contributed by atoms with Crippen molar-refractivity contribution < 1.29 is 0 Å². The van der Waals surface area contributed by atoms with Crippen LogP contribution in [0.3, 0.4) is 0 Å². The van der Waals surface area contributed by atoms with Crippen molar-refractivity contribution in [3.63, 3.8) is 0 Å². The molecular weight excluding hydrogens is 367 g/mol. The summed E-state index contributed by atoms with van der Waals surface area (Å²) < 4.78 is 0. The Morgan fingerprint density at radius 1 is 0.810 bits per heavy atom. The summed E-state index contributed by atoms with van der Waals surface area (Å²) in [6, 6.07) is 5.67. The van der Waals surface area contributed by atoms with E-state index < -0.39 is 0 Å². The van der Waals surface area contributed by atoms with Crippen molar-refractivity contribution in [2.24, 2.45) is 0 Å². The predicted molar refractivity (Wildman–Crippen MR) is 97.4 cm³/mol. The molecule has 3 heteroatoms. The summed E-state index contributed by atoms with van der Waals surface area (Å²) in [7, 11) is 0. The van der Waals surface area contributed by atoms with Crippen molar-refractivity contribution in [1.29, 1.82) is 0 Å². The number of benzene rings is 2. The summed E-state index contributed by atoms with van der Waals surface area (Å²) in [6.45, 7) is 10.9. The molecule has 0 heterocycles. The van der Waals surface area contributed by atoms with E-state index in [-0.39, 0.29) is 4.83 Å². The zero-order valence-corrected chi connectivity index (χ0v) is 16.0. The minimum Gasteiger partial charge on any atom is -0.0843 e. The molecule has 112 valence electrons. The van der Waals surface area contributed by atoms with Gasteiger partial charge in [0.25, 0.3) is 0 Å². The van der Waals surface area contributed by atoms with E-state index in [4.69, 9.17) is 23.2 Å². The molecule has 0 fully saturated rings. The largest absolute Gasteiger partial charge is 0.0843 e. The van der Waals surface area contributed by atoms with Crippen LogP contribution in [0.25, 0.3) is 0 Å². The summed E-state index contributed by atoms with van der Waals surface area (Å²) in [4.78, 5) is 0.0697. The molecule has 0 amide bonds. The van der Waals surface area contributed by atoms with Crippen LogP contribution in [-0.2, 0) is 0 Å². The van der Waals surface area contributed by atoms with Crippen molar-refractivity contribution in [2.75, 3.05) is 0 Å². The first-order valence-corrected chi connectivity index (χ1v) is 8.58. The molecule has 2 aromatic carbocycles. The van der Waals surface area contributed by atoms with Crippen molar-refractivity contribution in [2.45, 2.75) is 39.4 Å². The number of hydrogen-bond acceptors (Lipinski definition) is 0. The van der Waals surface area contributed by atoms with Crippen LogP contribution in [0, 0.1) is 34.6 Å². The highest BCUT2D eigenvalue weighted by Crippen LogP contribution is 2.41. The minimum absolute atomic E-state index is 0.0697. The van der Waals surface area contributed by atoms with Crippen molar-refractivity contribution >= 4 is 39.1 Å². The zero-order chi connectivity index (χ0) is 15.9. The van der Waals surface area contributed by atoms with Crippen LogP contribution in [0.4, 0.5) is 0 Å². The van der Waals surface area contributed by atoms with Crippen LogP contribution in [0.2, 0.25) is 10.0 Å². The lowest BCUT2D eigenvalue weighted by Gasteiger charge is -2.23. The lowest BCUT2D eigenvalue weighted by molar-refractivity contribution is 1.06. The van der Waals surface area contributed by atoms with Gasteiger partial charge >= 0.3 is 0 Å².